The van der Waals surface area contributed by atoms with Crippen molar-refractivity contribution in [2.24, 2.45) is 5.73 Å². The Hall–Kier alpha value is -2.73. The van der Waals surface area contributed by atoms with Gasteiger partial charge in [0.2, 0.25) is 6.10 Å². The summed E-state index contributed by atoms with van der Waals surface area (Å²) in [6.45, 7) is 1.18. The Morgan fingerprint density at radius 2 is 1.75 bits per heavy atom. The molecule has 0 radical (unpaired) electrons. The number of carboxylic acid groups (broad SMARTS) is 2. The lowest BCUT2D eigenvalue weighted by Crippen LogP contribution is -2.99. The van der Waals surface area contributed by atoms with Crippen LogP contribution in [0.15, 0.2) is 24.3 Å². The maximum atomic E-state index is 11.6. The molecule has 11 heteroatoms. The first kappa shape index (κ1) is 19.3. The Bertz CT molecular complexity index is 619. The smallest absolute Gasteiger partial charge is 0.509 e. The third-order valence-electron chi connectivity index (χ3n) is 2.99. The molecule has 0 saturated carbocycles. The van der Waals surface area contributed by atoms with Crippen molar-refractivity contribution in [3.8, 4) is 0 Å². The molecule has 0 aliphatic carbocycles. The summed E-state index contributed by atoms with van der Waals surface area (Å²) in [5.74, 6) is -3.06. The van der Waals surface area contributed by atoms with Crippen molar-refractivity contribution < 1.29 is 44.5 Å². The summed E-state index contributed by atoms with van der Waals surface area (Å²) in [6.07, 6.45) is -4.73. The van der Waals surface area contributed by atoms with Crippen LogP contribution in [0.3, 0.4) is 0 Å². The highest BCUT2D eigenvalue weighted by Crippen LogP contribution is 2.24. The number of benzene rings is 1. The number of rotatable bonds is 7. The van der Waals surface area contributed by atoms with Crippen molar-refractivity contribution in [3.05, 3.63) is 35.0 Å². The lowest BCUT2D eigenvalue weighted by Gasteiger charge is -2.21. The van der Waals surface area contributed by atoms with E-state index in [0.717, 1.165) is 6.07 Å². The molecule has 24 heavy (non-hydrogen) atoms. The lowest BCUT2D eigenvalue weighted by molar-refractivity contribution is -0.991. The number of carbonyl (C=O) groups excluding carboxylic acids is 1. The van der Waals surface area contributed by atoms with Crippen LogP contribution in [0.1, 0.15) is 18.6 Å². The SMILES string of the molecule is CC(OC(=O)OC(C(=O)O)c1ccccc1[NH+]([O-])O)[C@H](N)C(=O)O. The van der Waals surface area contributed by atoms with Crippen LogP contribution in [0.5, 0.6) is 0 Å². The maximum absolute atomic E-state index is 11.6. The molecule has 0 heterocycles. The molecule has 0 amide bonds. The van der Waals surface area contributed by atoms with E-state index in [9.17, 15) is 19.6 Å². The van der Waals surface area contributed by atoms with E-state index in [1.807, 2.05) is 0 Å². The van der Waals surface area contributed by atoms with Crippen molar-refractivity contribution in [3.63, 3.8) is 0 Å². The van der Waals surface area contributed by atoms with Gasteiger partial charge in [-0.3, -0.25) is 4.79 Å². The highest BCUT2D eigenvalue weighted by molar-refractivity contribution is 5.79. The molecule has 1 aromatic carbocycles. The molecule has 0 saturated heterocycles. The van der Waals surface area contributed by atoms with Crippen LogP contribution in [0, 0.1) is 5.21 Å². The van der Waals surface area contributed by atoms with Crippen LogP contribution < -0.4 is 11.0 Å². The quantitative estimate of drug-likeness (QED) is 0.309. The second-order valence-electron chi connectivity index (χ2n) is 4.67. The van der Waals surface area contributed by atoms with Gasteiger partial charge in [-0.25, -0.2) is 14.8 Å². The van der Waals surface area contributed by atoms with E-state index >= 15 is 0 Å². The van der Waals surface area contributed by atoms with Crippen LogP contribution in [-0.2, 0) is 19.1 Å². The summed E-state index contributed by atoms with van der Waals surface area (Å²) in [4.78, 5) is 33.6. The lowest BCUT2D eigenvalue weighted by atomic mass is 10.1. The molecule has 0 bridgehead atoms. The van der Waals surface area contributed by atoms with Crippen LogP contribution in [0.4, 0.5) is 10.5 Å². The predicted molar refractivity (Wildman–Crippen MR) is 75.2 cm³/mol. The monoisotopic (exact) mass is 344 g/mol. The number of hydrogen-bond acceptors (Lipinski definition) is 8. The minimum atomic E-state index is -1.95. The predicted octanol–water partition coefficient (Wildman–Crippen LogP) is -0.831. The van der Waals surface area contributed by atoms with E-state index in [2.05, 4.69) is 9.47 Å². The average Bonchev–Trinajstić information content (AvgIpc) is 2.51. The summed E-state index contributed by atoms with van der Waals surface area (Å²) in [5.41, 5.74) is 4.61. The zero-order valence-corrected chi connectivity index (χ0v) is 12.4. The number of carbonyl (C=O) groups is 3. The van der Waals surface area contributed by atoms with Crippen LogP contribution in [0.2, 0.25) is 0 Å². The highest BCUT2D eigenvalue weighted by atomic mass is 16.8. The van der Waals surface area contributed by atoms with E-state index in [1.165, 1.54) is 25.1 Å². The molecule has 11 nitrogen and oxygen atoms in total. The number of hydrogen-bond donors (Lipinski definition) is 5. The largest absolute Gasteiger partial charge is 0.595 e. The maximum Gasteiger partial charge on any atom is 0.509 e. The van der Waals surface area contributed by atoms with E-state index in [4.69, 9.17) is 21.2 Å². The van der Waals surface area contributed by atoms with Crippen molar-refractivity contribution in [1.29, 1.82) is 0 Å². The molecular formula is C13H16N2O9. The molecule has 1 rings (SSSR count). The van der Waals surface area contributed by atoms with E-state index in [0.29, 0.717) is 0 Å². The summed E-state index contributed by atoms with van der Waals surface area (Å²) >= 11 is 0. The van der Waals surface area contributed by atoms with E-state index < -0.39 is 41.6 Å². The molecule has 0 fully saturated rings. The zero-order valence-electron chi connectivity index (χ0n) is 12.4. The molecule has 3 unspecified atom stereocenters. The third kappa shape index (κ3) is 4.89. The van der Waals surface area contributed by atoms with Crippen LogP contribution in [-0.4, -0.2) is 45.7 Å². The molecule has 0 aliphatic rings. The van der Waals surface area contributed by atoms with Gasteiger partial charge in [0.15, 0.2) is 5.69 Å². The van der Waals surface area contributed by atoms with Gasteiger partial charge in [0.05, 0.1) is 5.56 Å². The second kappa shape index (κ2) is 8.21. The fourth-order valence-corrected chi connectivity index (χ4v) is 1.72. The van der Waals surface area contributed by atoms with E-state index in [1.54, 1.807) is 0 Å². The first-order valence-corrected chi connectivity index (χ1v) is 6.55. The van der Waals surface area contributed by atoms with Gasteiger partial charge in [0.1, 0.15) is 12.1 Å². The van der Waals surface area contributed by atoms with Crippen LogP contribution >= 0.6 is 0 Å². The summed E-state index contributed by atoms with van der Waals surface area (Å²) in [6, 6.07) is 3.52. The Morgan fingerprint density at radius 1 is 1.17 bits per heavy atom. The minimum absolute atomic E-state index is 0.273. The number of nitrogens with two attached hydrogens (primary N) is 1. The number of para-hydroxylation sites is 1. The Labute approximate surface area is 135 Å². The molecule has 1 aromatic rings. The van der Waals surface area contributed by atoms with Gasteiger partial charge in [-0.2, -0.15) is 5.23 Å². The zero-order chi connectivity index (χ0) is 18.4. The van der Waals surface area contributed by atoms with Gasteiger partial charge in [-0.1, -0.05) is 12.1 Å². The Kier molecular flexibility index (Phi) is 6.61. The van der Waals surface area contributed by atoms with Gasteiger partial charge >= 0.3 is 18.1 Å². The number of nitrogens with one attached hydrogen (secondary N) is 1. The standard InChI is InChI=1S/C13H16N2O9/c1-6(9(14)11(16)17)23-13(20)24-10(12(18)19)7-4-2-3-5-8(7)15(21)22/h2-6,9-10,15,21H,14H2,1H3,(H,16,17)(H,18,19)/t6?,9-,10?/m0/s1. The number of quaternary nitrogens is 1. The molecule has 4 atom stereocenters. The van der Waals surface area contributed by atoms with Gasteiger partial charge in [-0.15, -0.1) is 0 Å². The summed E-state index contributed by atoms with van der Waals surface area (Å²) in [5, 5.41) is 36.6. The Balaban J connectivity index is 2.94. The number of carboxylic acids is 2. The molecular weight excluding hydrogens is 328 g/mol. The van der Waals surface area contributed by atoms with Crippen molar-refractivity contribution in [1.82, 2.24) is 0 Å². The fourth-order valence-electron chi connectivity index (χ4n) is 1.72. The van der Waals surface area contributed by atoms with Crippen molar-refractivity contribution in [2.45, 2.75) is 25.2 Å². The van der Waals surface area contributed by atoms with Gasteiger partial charge in [0, 0.05) is 6.07 Å². The molecule has 0 spiro atoms. The van der Waals surface area contributed by atoms with Gasteiger partial charge in [0.25, 0.3) is 0 Å². The molecule has 132 valence electrons. The Morgan fingerprint density at radius 3 is 2.25 bits per heavy atom. The molecule has 0 aromatic heterocycles. The van der Waals surface area contributed by atoms with Gasteiger partial charge < -0.3 is 30.6 Å². The molecule has 0 aliphatic heterocycles. The normalized spacial score (nSPS) is 15.7. The fraction of sp³-hybridized carbons (Fsp3) is 0.308. The summed E-state index contributed by atoms with van der Waals surface area (Å²) < 4.78 is 9.22. The third-order valence-corrected chi connectivity index (χ3v) is 2.99. The first-order valence-electron chi connectivity index (χ1n) is 6.55. The number of aliphatic carboxylic acids is 2. The topological polar surface area (TPSA) is 184 Å². The van der Waals surface area contributed by atoms with E-state index in [-0.39, 0.29) is 11.3 Å². The van der Waals surface area contributed by atoms with Gasteiger partial charge in [-0.05, 0) is 13.0 Å². The number of ether oxygens (including phenoxy) is 2. The summed E-state index contributed by atoms with van der Waals surface area (Å²) in [7, 11) is 0. The minimum Gasteiger partial charge on any atom is -0.595 e. The molecule has 6 N–H and O–H groups in total. The first-order chi connectivity index (χ1) is 11.1. The average molecular weight is 344 g/mol. The van der Waals surface area contributed by atoms with Crippen molar-refractivity contribution >= 4 is 23.8 Å². The second-order valence-corrected chi connectivity index (χ2v) is 4.67. The highest BCUT2D eigenvalue weighted by Gasteiger charge is 2.32. The van der Waals surface area contributed by atoms with Crippen molar-refractivity contribution in [2.75, 3.05) is 0 Å². The van der Waals surface area contributed by atoms with Crippen LogP contribution in [0.25, 0.3) is 0 Å².